The second-order valence-corrected chi connectivity index (χ2v) is 6.36. The highest BCUT2D eigenvalue weighted by molar-refractivity contribution is 5.47. The molecular weight excluding hydrogens is 222 g/mol. The van der Waals surface area contributed by atoms with Crippen LogP contribution in [-0.2, 0) is 0 Å². The SMILES string of the molecule is COc1ccc(NC2CCC(C)(C)CC2C)cc1. The fourth-order valence-corrected chi connectivity index (χ4v) is 3.06. The van der Waals surface area contributed by atoms with Crippen molar-refractivity contribution in [2.75, 3.05) is 12.4 Å². The van der Waals surface area contributed by atoms with Crippen molar-refractivity contribution in [2.24, 2.45) is 11.3 Å². The maximum Gasteiger partial charge on any atom is 0.119 e. The molecule has 1 N–H and O–H groups in total. The summed E-state index contributed by atoms with van der Waals surface area (Å²) in [6, 6.07) is 8.84. The van der Waals surface area contributed by atoms with Gasteiger partial charge in [0.15, 0.2) is 0 Å². The van der Waals surface area contributed by atoms with Gasteiger partial charge in [-0.1, -0.05) is 20.8 Å². The minimum atomic E-state index is 0.511. The van der Waals surface area contributed by atoms with E-state index in [4.69, 9.17) is 4.74 Å². The minimum absolute atomic E-state index is 0.511. The third-order valence-electron chi connectivity index (χ3n) is 4.14. The Kier molecular flexibility index (Phi) is 3.84. The highest BCUT2D eigenvalue weighted by atomic mass is 16.5. The molecule has 1 aliphatic rings. The summed E-state index contributed by atoms with van der Waals surface area (Å²) in [6.45, 7) is 7.13. The largest absolute Gasteiger partial charge is 0.497 e. The smallest absolute Gasteiger partial charge is 0.119 e. The van der Waals surface area contributed by atoms with Crippen LogP contribution >= 0.6 is 0 Å². The fraction of sp³-hybridized carbons (Fsp3) is 0.625. The summed E-state index contributed by atoms with van der Waals surface area (Å²) < 4.78 is 5.18. The molecule has 2 unspecified atom stereocenters. The van der Waals surface area contributed by atoms with Gasteiger partial charge in [0.1, 0.15) is 5.75 Å². The minimum Gasteiger partial charge on any atom is -0.497 e. The van der Waals surface area contributed by atoms with Crippen molar-refractivity contribution in [1.82, 2.24) is 0 Å². The zero-order chi connectivity index (χ0) is 13.2. The van der Waals surface area contributed by atoms with Crippen LogP contribution in [0.25, 0.3) is 0 Å². The van der Waals surface area contributed by atoms with Gasteiger partial charge >= 0.3 is 0 Å². The molecule has 2 rings (SSSR count). The molecule has 1 aliphatic carbocycles. The van der Waals surface area contributed by atoms with Crippen LogP contribution < -0.4 is 10.1 Å². The summed E-state index contributed by atoms with van der Waals surface area (Å²) >= 11 is 0. The number of hydrogen-bond acceptors (Lipinski definition) is 2. The summed E-state index contributed by atoms with van der Waals surface area (Å²) in [5.74, 6) is 1.65. The third-order valence-corrected chi connectivity index (χ3v) is 4.14. The van der Waals surface area contributed by atoms with Crippen LogP contribution in [-0.4, -0.2) is 13.2 Å². The fourth-order valence-electron chi connectivity index (χ4n) is 3.06. The molecule has 2 atom stereocenters. The van der Waals surface area contributed by atoms with Crippen molar-refractivity contribution in [3.63, 3.8) is 0 Å². The maximum absolute atomic E-state index is 5.18. The number of rotatable bonds is 3. The third kappa shape index (κ3) is 3.18. The zero-order valence-corrected chi connectivity index (χ0v) is 12.0. The van der Waals surface area contributed by atoms with E-state index in [1.165, 1.54) is 24.9 Å². The lowest BCUT2D eigenvalue weighted by atomic mass is 9.70. The van der Waals surface area contributed by atoms with Crippen LogP contribution in [0.15, 0.2) is 24.3 Å². The van der Waals surface area contributed by atoms with Gasteiger partial charge in [0.2, 0.25) is 0 Å². The first-order chi connectivity index (χ1) is 8.50. The Balaban J connectivity index is 1.97. The van der Waals surface area contributed by atoms with Crippen molar-refractivity contribution < 1.29 is 4.74 Å². The average molecular weight is 247 g/mol. The number of anilines is 1. The van der Waals surface area contributed by atoms with Gasteiger partial charge in [-0.3, -0.25) is 0 Å². The monoisotopic (exact) mass is 247 g/mol. The number of ether oxygens (including phenoxy) is 1. The van der Waals surface area contributed by atoms with Crippen molar-refractivity contribution in [3.05, 3.63) is 24.3 Å². The molecule has 0 heterocycles. The Morgan fingerprint density at radius 2 is 1.89 bits per heavy atom. The van der Waals surface area contributed by atoms with Gasteiger partial charge in [-0.25, -0.2) is 0 Å². The summed E-state index contributed by atoms with van der Waals surface area (Å²) in [7, 11) is 1.70. The van der Waals surface area contributed by atoms with E-state index in [1.807, 2.05) is 12.1 Å². The van der Waals surface area contributed by atoms with Crippen molar-refractivity contribution >= 4 is 5.69 Å². The number of hydrogen-bond donors (Lipinski definition) is 1. The summed E-state index contributed by atoms with van der Waals surface area (Å²) in [4.78, 5) is 0. The average Bonchev–Trinajstić information content (AvgIpc) is 2.33. The molecule has 2 heteroatoms. The van der Waals surface area contributed by atoms with Gasteiger partial charge in [0, 0.05) is 11.7 Å². The quantitative estimate of drug-likeness (QED) is 0.858. The molecule has 100 valence electrons. The summed E-state index contributed by atoms with van der Waals surface area (Å²) in [5.41, 5.74) is 1.71. The molecule has 1 fully saturated rings. The van der Waals surface area contributed by atoms with Crippen LogP contribution in [0.1, 0.15) is 40.0 Å². The highest BCUT2D eigenvalue weighted by Crippen LogP contribution is 2.39. The standard InChI is InChI=1S/C16H25NO/c1-12-11-16(2,3)10-9-15(12)17-13-5-7-14(18-4)8-6-13/h5-8,12,15,17H,9-11H2,1-4H3. The Hall–Kier alpha value is -1.18. The second kappa shape index (κ2) is 5.21. The van der Waals surface area contributed by atoms with E-state index in [0.717, 1.165) is 11.7 Å². The normalized spacial score (nSPS) is 26.7. The first-order valence-corrected chi connectivity index (χ1v) is 6.91. The van der Waals surface area contributed by atoms with E-state index >= 15 is 0 Å². The van der Waals surface area contributed by atoms with Gasteiger partial charge in [0.25, 0.3) is 0 Å². The lowest BCUT2D eigenvalue weighted by Crippen LogP contribution is -2.36. The number of methoxy groups -OCH3 is 1. The van der Waals surface area contributed by atoms with Gasteiger partial charge in [-0.15, -0.1) is 0 Å². The van der Waals surface area contributed by atoms with E-state index in [1.54, 1.807) is 7.11 Å². The Morgan fingerprint density at radius 1 is 1.22 bits per heavy atom. The second-order valence-electron chi connectivity index (χ2n) is 6.36. The van der Waals surface area contributed by atoms with E-state index in [-0.39, 0.29) is 0 Å². The van der Waals surface area contributed by atoms with Gasteiger partial charge in [-0.05, 0) is 54.9 Å². The van der Waals surface area contributed by atoms with E-state index in [0.29, 0.717) is 11.5 Å². The van der Waals surface area contributed by atoms with E-state index < -0.39 is 0 Å². The first kappa shape index (κ1) is 13.3. The molecule has 0 aromatic heterocycles. The topological polar surface area (TPSA) is 21.3 Å². The summed E-state index contributed by atoms with van der Waals surface area (Å²) in [5, 5.41) is 3.66. The zero-order valence-electron chi connectivity index (χ0n) is 12.0. The Morgan fingerprint density at radius 3 is 2.44 bits per heavy atom. The van der Waals surface area contributed by atoms with Gasteiger partial charge in [0.05, 0.1) is 7.11 Å². The molecule has 0 bridgehead atoms. The van der Waals surface area contributed by atoms with Crippen LogP contribution in [0.4, 0.5) is 5.69 Å². The molecule has 0 amide bonds. The Bertz CT molecular complexity index is 383. The molecule has 0 radical (unpaired) electrons. The van der Waals surface area contributed by atoms with Gasteiger partial charge in [-0.2, -0.15) is 0 Å². The van der Waals surface area contributed by atoms with Crippen LogP contribution in [0, 0.1) is 11.3 Å². The molecule has 1 aromatic rings. The number of nitrogens with one attached hydrogen (secondary N) is 1. The molecule has 0 saturated heterocycles. The predicted octanol–water partition coefficient (Wildman–Crippen LogP) is 4.32. The predicted molar refractivity (Wildman–Crippen MR) is 77.2 cm³/mol. The van der Waals surface area contributed by atoms with Crippen LogP contribution in [0.3, 0.4) is 0 Å². The van der Waals surface area contributed by atoms with E-state index in [2.05, 4.69) is 38.2 Å². The molecular formula is C16H25NO. The molecule has 1 aromatic carbocycles. The van der Waals surface area contributed by atoms with Crippen LogP contribution in [0.5, 0.6) is 5.75 Å². The van der Waals surface area contributed by atoms with Crippen molar-refractivity contribution in [1.29, 1.82) is 0 Å². The van der Waals surface area contributed by atoms with Crippen LogP contribution in [0.2, 0.25) is 0 Å². The molecule has 18 heavy (non-hydrogen) atoms. The number of benzene rings is 1. The Labute approximate surface area is 111 Å². The lowest BCUT2D eigenvalue weighted by Gasteiger charge is -2.40. The maximum atomic E-state index is 5.18. The molecule has 0 aliphatic heterocycles. The van der Waals surface area contributed by atoms with Gasteiger partial charge < -0.3 is 10.1 Å². The lowest BCUT2D eigenvalue weighted by molar-refractivity contribution is 0.177. The summed E-state index contributed by atoms with van der Waals surface area (Å²) in [6.07, 6.45) is 3.88. The van der Waals surface area contributed by atoms with Crippen molar-refractivity contribution in [3.8, 4) is 5.75 Å². The first-order valence-electron chi connectivity index (χ1n) is 6.91. The van der Waals surface area contributed by atoms with E-state index in [9.17, 15) is 0 Å². The molecule has 2 nitrogen and oxygen atoms in total. The molecule has 1 saturated carbocycles. The van der Waals surface area contributed by atoms with Crippen molar-refractivity contribution in [2.45, 2.75) is 46.1 Å². The highest BCUT2D eigenvalue weighted by Gasteiger charge is 2.32. The molecule has 0 spiro atoms.